The third-order valence-corrected chi connectivity index (χ3v) is 1.49. The molecule has 0 fully saturated rings. The SMILES string of the molecule is CCCCC(N)C(=O)OCCF. The number of carbonyl (C=O) groups is 1. The van der Waals surface area contributed by atoms with Crippen LogP contribution in [0.4, 0.5) is 4.39 Å². The maximum Gasteiger partial charge on any atom is 0.322 e. The summed E-state index contributed by atoms with van der Waals surface area (Å²) in [4.78, 5) is 10.9. The molecule has 0 aromatic heterocycles. The number of alkyl halides is 1. The van der Waals surface area contributed by atoms with Crippen LogP contribution in [0, 0.1) is 0 Å². The van der Waals surface area contributed by atoms with Crippen molar-refractivity contribution < 1.29 is 13.9 Å². The normalized spacial score (nSPS) is 12.6. The molecule has 3 nitrogen and oxygen atoms in total. The van der Waals surface area contributed by atoms with Crippen molar-refractivity contribution in [3.05, 3.63) is 0 Å². The van der Waals surface area contributed by atoms with Crippen molar-refractivity contribution in [1.82, 2.24) is 0 Å². The standard InChI is InChI=1S/C8H16FNO2/c1-2-3-4-7(10)8(11)12-6-5-9/h7H,2-6,10H2,1H3. The van der Waals surface area contributed by atoms with Gasteiger partial charge in [-0.25, -0.2) is 4.39 Å². The second-order valence-electron chi connectivity index (χ2n) is 2.61. The highest BCUT2D eigenvalue weighted by Crippen LogP contribution is 1.99. The van der Waals surface area contributed by atoms with Gasteiger partial charge in [0.1, 0.15) is 19.3 Å². The van der Waals surface area contributed by atoms with Crippen molar-refractivity contribution in [3.63, 3.8) is 0 Å². The quantitative estimate of drug-likeness (QED) is 0.616. The van der Waals surface area contributed by atoms with Crippen LogP contribution >= 0.6 is 0 Å². The Kier molecular flexibility index (Phi) is 6.66. The second-order valence-corrected chi connectivity index (χ2v) is 2.61. The third-order valence-electron chi connectivity index (χ3n) is 1.49. The summed E-state index contributed by atoms with van der Waals surface area (Å²) in [6, 6.07) is -0.587. The van der Waals surface area contributed by atoms with E-state index in [4.69, 9.17) is 5.73 Å². The molecule has 0 bridgehead atoms. The van der Waals surface area contributed by atoms with Gasteiger partial charge in [0.05, 0.1) is 0 Å². The van der Waals surface area contributed by atoms with Crippen molar-refractivity contribution in [2.24, 2.45) is 5.73 Å². The summed E-state index contributed by atoms with van der Waals surface area (Å²) in [6.45, 7) is 1.19. The topological polar surface area (TPSA) is 52.3 Å². The largest absolute Gasteiger partial charge is 0.462 e. The Balaban J connectivity index is 3.47. The first-order valence-electron chi connectivity index (χ1n) is 4.20. The van der Waals surface area contributed by atoms with Crippen LogP contribution < -0.4 is 5.73 Å². The van der Waals surface area contributed by atoms with Crippen molar-refractivity contribution in [3.8, 4) is 0 Å². The molecule has 0 aliphatic heterocycles. The zero-order valence-corrected chi connectivity index (χ0v) is 7.38. The molecule has 0 heterocycles. The maximum atomic E-state index is 11.6. The molecule has 1 atom stereocenters. The van der Waals surface area contributed by atoms with Crippen LogP contribution in [0.3, 0.4) is 0 Å². The molecule has 1 unspecified atom stereocenters. The van der Waals surface area contributed by atoms with Crippen LogP contribution in [-0.2, 0) is 9.53 Å². The molecule has 0 saturated carbocycles. The van der Waals surface area contributed by atoms with E-state index in [0.29, 0.717) is 6.42 Å². The average molecular weight is 177 g/mol. The van der Waals surface area contributed by atoms with Crippen LogP contribution in [0.2, 0.25) is 0 Å². The maximum absolute atomic E-state index is 11.6. The summed E-state index contributed by atoms with van der Waals surface area (Å²) in [7, 11) is 0. The van der Waals surface area contributed by atoms with E-state index in [1.165, 1.54) is 0 Å². The van der Waals surface area contributed by atoms with Gasteiger partial charge in [-0.1, -0.05) is 19.8 Å². The highest BCUT2D eigenvalue weighted by Gasteiger charge is 2.13. The molecule has 0 aliphatic rings. The van der Waals surface area contributed by atoms with Crippen molar-refractivity contribution in [2.75, 3.05) is 13.3 Å². The lowest BCUT2D eigenvalue weighted by atomic mass is 10.1. The van der Waals surface area contributed by atoms with E-state index < -0.39 is 18.7 Å². The van der Waals surface area contributed by atoms with Gasteiger partial charge in [-0.05, 0) is 6.42 Å². The highest BCUT2D eigenvalue weighted by molar-refractivity contribution is 5.75. The lowest BCUT2D eigenvalue weighted by molar-refractivity contribution is -0.145. The number of hydrogen-bond donors (Lipinski definition) is 1. The van der Waals surface area contributed by atoms with E-state index in [-0.39, 0.29) is 6.61 Å². The molecule has 4 heteroatoms. The number of unbranched alkanes of at least 4 members (excludes halogenated alkanes) is 1. The van der Waals surface area contributed by atoms with Crippen molar-refractivity contribution in [2.45, 2.75) is 32.2 Å². The first kappa shape index (κ1) is 11.4. The molecule has 12 heavy (non-hydrogen) atoms. The zero-order valence-electron chi connectivity index (χ0n) is 7.38. The molecule has 0 aliphatic carbocycles. The van der Waals surface area contributed by atoms with Gasteiger partial charge < -0.3 is 10.5 Å². The smallest absolute Gasteiger partial charge is 0.322 e. The van der Waals surface area contributed by atoms with Gasteiger partial charge in [0, 0.05) is 0 Å². The summed E-state index contributed by atoms with van der Waals surface area (Å²) in [5, 5.41) is 0. The summed E-state index contributed by atoms with van der Waals surface area (Å²) in [5.74, 6) is -0.499. The Hall–Kier alpha value is -0.640. The van der Waals surface area contributed by atoms with Crippen LogP contribution in [0.5, 0.6) is 0 Å². The van der Waals surface area contributed by atoms with Crippen LogP contribution in [-0.4, -0.2) is 25.3 Å². The Morgan fingerprint density at radius 2 is 2.33 bits per heavy atom. The van der Waals surface area contributed by atoms with Crippen LogP contribution in [0.15, 0.2) is 0 Å². The lowest BCUT2D eigenvalue weighted by Crippen LogP contribution is -2.32. The third kappa shape index (κ3) is 5.07. The molecule has 0 saturated heterocycles. The average Bonchev–Trinajstić information content (AvgIpc) is 2.10. The van der Waals surface area contributed by atoms with Crippen LogP contribution in [0.1, 0.15) is 26.2 Å². The Morgan fingerprint density at radius 1 is 1.67 bits per heavy atom. The monoisotopic (exact) mass is 177 g/mol. The fraction of sp³-hybridized carbons (Fsp3) is 0.875. The summed E-state index contributed by atoms with van der Waals surface area (Å²) >= 11 is 0. The molecule has 0 aromatic carbocycles. The van der Waals surface area contributed by atoms with E-state index in [0.717, 1.165) is 12.8 Å². The van der Waals surface area contributed by atoms with E-state index in [1.807, 2.05) is 6.92 Å². The molecular weight excluding hydrogens is 161 g/mol. The fourth-order valence-electron chi connectivity index (χ4n) is 0.788. The van der Waals surface area contributed by atoms with Gasteiger partial charge >= 0.3 is 5.97 Å². The van der Waals surface area contributed by atoms with Crippen molar-refractivity contribution >= 4 is 5.97 Å². The number of rotatable bonds is 6. The number of esters is 1. The Labute approximate surface area is 72.1 Å². The van der Waals surface area contributed by atoms with E-state index in [1.54, 1.807) is 0 Å². The summed E-state index contributed by atoms with van der Waals surface area (Å²) in [5.41, 5.74) is 5.45. The predicted molar refractivity (Wildman–Crippen MR) is 44.4 cm³/mol. The first-order valence-corrected chi connectivity index (χ1v) is 4.20. The van der Waals surface area contributed by atoms with E-state index >= 15 is 0 Å². The lowest BCUT2D eigenvalue weighted by Gasteiger charge is -2.09. The summed E-state index contributed by atoms with van der Waals surface area (Å²) in [6.07, 6.45) is 2.50. The minimum atomic E-state index is -0.647. The molecule has 0 rings (SSSR count). The molecular formula is C8H16FNO2. The highest BCUT2D eigenvalue weighted by atomic mass is 19.1. The molecule has 72 valence electrons. The van der Waals surface area contributed by atoms with Crippen LogP contribution in [0.25, 0.3) is 0 Å². The molecule has 2 N–H and O–H groups in total. The van der Waals surface area contributed by atoms with Gasteiger partial charge in [0.25, 0.3) is 0 Å². The number of carbonyl (C=O) groups excluding carboxylic acids is 1. The molecule has 0 aromatic rings. The van der Waals surface area contributed by atoms with Crippen molar-refractivity contribution in [1.29, 1.82) is 0 Å². The van der Waals surface area contributed by atoms with Gasteiger partial charge in [0.15, 0.2) is 0 Å². The Bertz CT molecular complexity index is 130. The predicted octanol–water partition coefficient (Wildman–Crippen LogP) is 1.02. The van der Waals surface area contributed by atoms with Gasteiger partial charge in [-0.15, -0.1) is 0 Å². The minimum Gasteiger partial charge on any atom is -0.462 e. The second kappa shape index (κ2) is 7.03. The van der Waals surface area contributed by atoms with Gasteiger partial charge in [-0.2, -0.15) is 0 Å². The number of halogens is 1. The molecule has 0 amide bonds. The minimum absolute atomic E-state index is 0.182. The Morgan fingerprint density at radius 3 is 2.83 bits per heavy atom. The van der Waals surface area contributed by atoms with Gasteiger partial charge in [-0.3, -0.25) is 4.79 Å². The number of nitrogens with two attached hydrogens (primary N) is 1. The first-order chi connectivity index (χ1) is 5.72. The molecule has 0 radical (unpaired) electrons. The summed E-state index contributed by atoms with van der Waals surface area (Å²) < 4.78 is 16.1. The fourth-order valence-corrected chi connectivity index (χ4v) is 0.788. The van der Waals surface area contributed by atoms with E-state index in [2.05, 4.69) is 4.74 Å². The zero-order chi connectivity index (χ0) is 9.40. The molecule has 0 spiro atoms. The van der Waals surface area contributed by atoms with Gasteiger partial charge in [0.2, 0.25) is 0 Å². The van der Waals surface area contributed by atoms with E-state index in [9.17, 15) is 9.18 Å². The number of hydrogen-bond acceptors (Lipinski definition) is 3. The number of ether oxygens (including phenoxy) is 1.